The van der Waals surface area contributed by atoms with E-state index >= 15 is 0 Å². The van der Waals surface area contributed by atoms with Gasteiger partial charge in [-0.05, 0) is 36.8 Å². The van der Waals surface area contributed by atoms with Gasteiger partial charge in [-0.15, -0.1) is 0 Å². The summed E-state index contributed by atoms with van der Waals surface area (Å²) in [7, 11) is 2.01. The van der Waals surface area contributed by atoms with Gasteiger partial charge in [0.15, 0.2) is 0 Å². The molecule has 0 atom stereocenters. The van der Waals surface area contributed by atoms with Crippen molar-refractivity contribution in [2.24, 2.45) is 5.73 Å². The fourth-order valence-electron chi connectivity index (χ4n) is 2.08. The van der Waals surface area contributed by atoms with Gasteiger partial charge in [0.1, 0.15) is 5.82 Å². The Bertz CT molecular complexity index is 666. The van der Waals surface area contributed by atoms with Gasteiger partial charge >= 0.3 is 0 Å². The molecule has 0 aliphatic rings. The van der Waals surface area contributed by atoms with Crippen LogP contribution in [0, 0.1) is 24.6 Å². The molecule has 2 N–H and O–H groups in total. The van der Waals surface area contributed by atoms with E-state index in [9.17, 15) is 4.39 Å². The van der Waals surface area contributed by atoms with E-state index < -0.39 is 0 Å². The van der Waals surface area contributed by atoms with Crippen LogP contribution in [0.4, 0.5) is 10.1 Å². The van der Waals surface area contributed by atoms with Gasteiger partial charge in [0.05, 0.1) is 12.1 Å². The van der Waals surface area contributed by atoms with Crippen LogP contribution in [0.25, 0.3) is 0 Å². The second kappa shape index (κ2) is 6.92. The van der Waals surface area contributed by atoms with Crippen molar-refractivity contribution in [3.8, 4) is 11.8 Å². The third-order valence-corrected chi connectivity index (χ3v) is 3.25. The summed E-state index contributed by atoms with van der Waals surface area (Å²) >= 11 is 0. The number of hydrogen-bond donors (Lipinski definition) is 1. The Balaban J connectivity index is 2.17. The van der Waals surface area contributed by atoms with Crippen LogP contribution >= 0.6 is 0 Å². The Labute approximate surface area is 125 Å². The quantitative estimate of drug-likeness (QED) is 0.877. The highest BCUT2D eigenvalue weighted by Gasteiger charge is 2.05. The highest BCUT2D eigenvalue weighted by atomic mass is 19.1. The zero-order valence-electron chi connectivity index (χ0n) is 12.4. The highest BCUT2D eigenvalue weighted by Crippen LogP contribution is 2.17. The Kier molecular flexibility index (Phi) is 4.97. The summed E-state index contributed by atoms with van der Waals surface area (Å²) in [6, 6.07) is 13.3. The second-order valence-corrected chi connectivity index (χ2v) is 5.01. The van der Waals surface area contributed by atoms with Gasteiger partial charge in [0.2, 0.25) is 0 Å². The van der Waals surface area contributed by atoms with Crippen LogP contribution in [0.3, 0.4) is 0 Å². The van der Waals surface area contributed by atoms with Gasteiger partial charge in [0.25, 0.3) is 0 Å². The average molecular weight is 282 g/mol. The number of nitrogens with zero attached hydrogens (tertiary/aromatic N) is 1. The van der Waals surface area contributed by atoms with Crippen molar-refractivity contribution in [3.63, 3.8) is 0 Å². The number of aryl methyl sites for hydroxylation is 1. The standard InChI is InChI=1S/C18H19FN2/c1-14-5-8-17(9-6-14)21(2)13-15-7-10-18(19)16(12-15)4-3-11-20/h5-10,12H,11,13,20H2,1-2H3. The minimum Gasteiger partial charge on any atom is -0.370 e. The molecule has 0 fully saturated rings. The van der Waals surface area contributed by atoms with Crippen LogP contribution in [0.2, 0.25) is 0 Å². The van der Waals surface area contributed by atoms with Gasteiger partial charge in [0, 0.05) is 19.3 Å². The molecule has 2 nitrogen and oxygen atoms in total. The average Bonchev–Trinajstić information content (AvgIpc) is 2.48. The normalized spacial score (nSPS) is 9.90. The zero-order valence-corrected chi connectivity index (χ0v) is 12.4. The smallest absolute Gasteiger partial charge is 0.138 e. The molecular formula is C18H19FN2. The molecule has 0 radical (unpaired) electrons. The maximum absolute atomic E-state index is 13.6. The van der Waals surface area contributed by atoms with Crippen LogP contribution < -0.4 is 10.6 Å². The minimum absolute atomic E-state index is 0.229. The fourth-order valence-corrected chi connectivity index (χ4v) is 2.08. The van der Waals surface area contributed by atoms with Crippen molar-refractivity contribution in [2.75, 3.05) is 18.5 Å². The van der Waals surface area contributed by atoms with E-state index in [1.54, 1.807) is 12.1 Å². The molecule has 0 heterocycles. The molecule has 3 heteroatoms. The van der Waals surface area contributed by atoms with Gasteiger partial charge in [-0.2, -0.15) is 0 Å². The lowest BCUT2D eigenvalue weighted by Gasteiger charge is -2.19. The van der Waals surface area contributed by atoms with E-state index in [-0.39, 0.29) is 12.4 Å². The molecule has 0 saturated carbocycles. The summed E-state index contributed by atoms with van der Waals surface area (Å²) in [5, 5.41) is 0. The van der Waals surface area contributed by atoms with Crippen LogP contribution in [0.15, 0.2) is 42.5 Å². The molecule has 108 valence electrons. The Morgan fingerprint density at radius 1 is 1.14 bits per heavy atom. The molecule has 2 aromatic rings. The molecule has 0 aliphatic carbocycles. The van der Waals surface area contributed by atoms with E-state index in [2.05, 4.69) is 47.9 Å². The lowest BCUT2D eigenvalue weighted by atomic mass is 10.1. The number of rotatable bonds is 3. The van der Waals surface area contributed by atoms with Gasteiger partial charge in [-0.25, -0.2) is 4.39 Å². The number of halogens is 1. The molecular weight excluding hydrogens is 263 g/mol. The summed E-state index contributed by atoms with van der Waals surface area (Å²) in [4.78, 5) is 2.12. The Morgan fingerprint density at radius 2 is 1.86 bits per heavy atom. The van der Waals surface area contributed by atoms with Crippen molar-refractivity contribution in [1.29, 1.82) is 0 Å². The molecule has 0 unspecified atom stereocenters. The molecule has 2 rings (SSSR count). The maximum Gasteiger partial charge on any atom is 0.138 e. The zero-order chi connectivity index (χ0) is 15.2. The summed E-state index contributed by atoms with van der Waals surface area (Å²) in [5.74, 6) is 5.15. The van der Waals surface area contributed by atoms with E-state index in [0.29, 0.717) is 12.1 Å². The predicted octanol–water partition coefficient (Wildman–Crippen LogP) is 3.08. The molecule has 2 aromatic carbocycles. The number of nitrogens with two attached hydrogens (primary N) is 1. The van der Waals surface area contributed by atoms with Crippen molar-refractivity contribution in [1.82, 2.24) is 0 Å². The molecule has 0 bridgehead atoms. The molecule has 0 spiro atoms. The third-order valence-electron chi connectivity index (χ3n) is 3.25. The molecule has 0 aromatic heterocycles. The lowest BCUT2D eigenvalue weighted by Crippen LogP contribution is -2.16. The van der Waals surface area contributed by atoms with E-state index in [0.717, 1.165) is 11.3 Å². The van der Waals surface area contributed by atoms with Gasteiger partial charge in [-0.1, -0.05) is 35.6 Å². The van der Waals surface area contributed by atoms with Crippen LogP contribution in [0.5, 0.6) is 0 Å². The van der Waals surface area contributed by atoms with E-state index in [4.69, 9.17) is 5.73 Å². The van der Waals surface area contributed by atoms with Crippen molar-refractivity contribution < 1.29 is 4.39 Å². The first kappa shape index (κ1) is 15.1. The molecule has 0 aliphatic heterocycles. The summed E-state index contributed by atoms with van der Waals surface area (Å²) in [6.07, 6.45) is 0. The van der Waals surface area contributed by atoms with Crippen molar-refractivity contribution in [2.45, 2.75) is 13.5 Å². The van der Waals surface area contributed by atoms with E-state index in [1.807, 2.05) is 7.05 Å². The van der Waals surface area contributed by atoms with Crippen LogP contribution in [-0.2, 0) is 6.54 Å². The first-order valence-electron chi connectivity index (χ1n) is 6.85. The van der Waals surface area contributed by atoms with Gasteiger partial charge < -0.3 is 10.6 Å². The molecule has 0 amide bonds. The number of benzene rings is 2. The topological polar surface area (TPSA) is 29.3 Å². The predicted molar refractivity (Wildman–Crippen MR) is 85.6 cm³/mol. The largest absolute Gasteiger partial charge is 0.370 e. The number of anilines is 1. The summed E-state index contributed by atoms with van der Waals surface area (Å²) in [5.41, 5.74) is 9.10. The molecule has 21 heavy (non-hydrogen) atoms. The highest BCUT2D eigenvalue weighted by molar-refractivity contribution is 5.48. The van der Waals surface area contributed by atoms with Gasteiger partial charge in [-0.3, -0.25) is 0 Å². The summed E-state index contributed by atoms with van der Waals surface area (Å²) < 4.78 is 13.6. The Hall–Kier alpha value is -2.31. The first-order valence-corrected chi connectivity index (χ1v) is 6.85. The lowest BCUT2D eigenvalue weighted by molar-refractivity contribution is 0.623. The van der Waals surface area contributed by atoms with Crippen molar-refractivity contribution in [3.05, 3.63) is 65.0 Å². The summed E-state index contributed by atoms with van der Waals surface area (Å²) in [6.45, 7) is 2.99. The number of hydrogen-bond acceptors (Lipinski definition) is 2. The fraction of sp³-hybridized carbons (Fsp3) is 0.222. The third kappa shape index (κ3) is 4.08. The van der Waals surface area contributed by atoms with Crippen LogP contribution in [0.1, 0.15) is 16.7 Å². The second-order valence-electron chi connectivity index (χ2n) is 5.01. The van der Waals surface area contributed by atoms with Crippen LogP contribution in [-0.4, -0.2) is 13.6 Å². The maximum atomic E-state index is 13.6. The minimum atomic E-state index is -0.308. The molecule has 0 saturated heterocycles. The SMILES string of the molecule is Cc1ccc(N(C)Cc2ccc(F)c(C#CCN)c2)cc1. The Morgan fingerprint density at radius 3 is 2.52 bits per heavy atom. The van der Waals surface area contributed by atoms with E-state index in [1.165, 1.54) is 11.6 Å². The monoisotopic (exact) mass is 282 g/mol. The van der Waals surface area contributed by atoms with Crippen molar-refractivity contribution >= 4 is 5.69 Å². The first-order chi connectivity index (χ1) is 10.1.